The quantitative estimate of drug-likeness (QED) is 0.406. The number of benzene rings is 2. The molecule has 1 aliphatic heterocycles. The smallest absolute Gasteiger partial charge is 0.265 e. The van der Waals surface area contributed by atoms with Crippen LogP contribution in [0.2, 0.25) is 0 Å². The summed E-state index contributed by atoms with van der Waals surface area (Å²) < 4.78 is 5.58. The summed E-state index contributed by atoms with van der Waals surface area (Å²) in [5, 5.41) is 5.05. The summed E-state index contributed by atoms with van der Waals surface area (Å²) in [4.78, 5) is 27.4. The van der Waals surface area contributed by atoms with Gasteiger partial charge in [-0.15, -0.1) is 11.3 Å². The van der Waals surface area contributed by atoms with Crippen molar-refractivity contribution >= 4 is 17.2 Å². The van der Waals surface area contributed by atoms with E-state index in [1.165, 1.54) is 16.9 Å². The minimum absolute atomic E-state index is 0.0150. The summed E-state index contributed by atoms with van der Waals surface area (Å²) in [5.41, 5.74) is 3.97. The zero-order valence-corrected chi connectivity index (χ0v) is 20.4. The number of thiazole rings is 1. The van der Waals surface area contributed by atoms with Crippen LogP contribution in [0.15, 0.2) is 59.1 Å². The van der Waals surface area contributed by atoms with Gasteiger partial charge in [-0.25, -0.2) is 4.98 Å². The largest absolute Gasteiger partial charge is 0.337 e. The molecule has 2 aromatic heterocycles. The van der Waals surface area contributed by atoms with Crippen LogP contribution in [-0.4, -0.2) is 57.0 Å². The third-order valence-electron chi connectivity index (χ3n) is 6.27. The molecule has 0 radical (unpaired) electrons. The summed E-state index contributed by atoms with van der Waals surface area (Å²) in [6, 6.07) is 18.1. The highest BCUT2D eigenvalue weighted by Crippen LogP contribution is 2.29. The number of hydrogen-bond donors (Lipinski definition) is 0. The first-order valence-electron chi connectivity index (χ1n) is 11.5. The Kier molecular flexibility index (Phi) is 6.26. The van der Waals surface area contributed by atoms with Crippen LogP contribution in [0.5, 0.6) is 0 Å². The molecule has 2 aromatic carbocycles. The molecular formula is C26H27N5O2S. The molecule has 0 saturated carbocycles. The molecule has 1 unspecified atom stereocenters. The second-order valence-electron chi connectivity index (χ2n) is 8.63. The lowest BCUT2D eigenvalue weighted by Crippen LogP contribution is -2.49. The Morgan fingerprint density at radius 3 is 2.35 bits per heavy atom. The van der Waals surface area contributed by atoms with Crippen LogP contribution in [0.4, 0.5) is 0 Å². The number of carbonyl (C=O) groups excluding carboxylic acids is 1. The van der Waals surface area contributed by atoms with Crippen LogP contribution in [0.25, 0.3) is 22.0 Å². The standard InChI is InChI=1S/C26H27N5O2S/c1-17-9-11-20(12-10-17)23-28-24(33-29-23)19(3)30-13-15-31(16-14-30)26(32)22-18(2)27-25(34-22)21-7-5-4-6-8-21/h4-12,19H,13-16H2,1-3H3. The second-order valence-corrected chi connectivity index (χ2v) is 9.63. The zero-order chi connectivity index (χ0) is 23.7. The van der Waals surface area contributed by atoms with Gasteiger partial charge >= 0.3 is 0 Å². The monoisotopic (exact) mass is 473 g/mol. The van der Waals surface area contributed by atoms with Gasteiger partial charge in [0.15, 0.2) is 0 Å². The predicted octanol–water partition coefficient (Wildman–Crippen LogP) is 5.00. The van der Waals surface area contributed by atoms with E-state index >= 15 is 0 Å². The van der Waals surface area contributed by atoms with Crippen molar-refractivity contribution in [1.82, 2.24) is 24.9 Å². The SMILES string of the molecule is Cc1ccc(-c2noc(C(C)N3CCN(C(=O)c4sc(-c5ccccc5)nc4C)CC3)n2)cc1. The normalized spacial score (nSPS) is 15.4. The summed E-state index contributed by atoms with van der Waals surface area (Å²) in [7, 11) is 0. The van der Waals surface area contributed by atoms with E-state index in [-0.39, 0.29) is 11.9 Å². The van der Waals surface area contributed by atoms with E-state index < -0.39 is 0 Å². The lowest BCUT2D eigenvalue weighted by molar-refractivity contribution is 0.0555. The molecule has 5 rings (SSSR count). The summed E-state index contributed by atoms with van der Waals surface area (Å²) in [5.74, 6) is 1.26. The molecule has 34 heavy (non-hydrogen) atoms. The Balaban J connectivity index is 1.22. The lowest BCUT2D eigenvalue weighted by atomic mass is 10.1. The fourth-order valence-corrected chi connectivity index (χ4v) is 5.18. The Labute approximate surface area is 203 Å². The van der Waals surface area contributed by atoms with Crippen LogP contribution in [0.1, 0.15) is 39.8 Å². The van der Waals surface area contributed by atoms with E-state index in [1.54, 1.807) is 0 Å². The highest BCUT2D eigenvalue weighted by molar-refractivity contribution is 7.17. The van der Waals surface area contributed by atoms with E-state index in [1.807, 2.05) is 66.4 Å². The third kappa shape index (κ3) is 4.51. The zero-order valence-electron chi connectivity index (χ0n) is 19.6. The first kappa shape index (κ1) is 22.4. The molecular weight excluding hydrogens is 446 g/mol. The van der Waals surface area contributed by atoms with Crippen LogP contribution < -0.4 is 0 Å². The van der Waals surface area contributed by atoms with Gasteiger partial charge in [-0.2, -0.15) is 4.98 Å². The maximum Gasteiger partial charge on any atom is 0.265 e. The number of nitrogens with zero attached hydrogens (tertiary/aromatic N) is 5. The van der Waals surface area contributed by atoms with Gasteiger partial charge in [0, 0.05) is 37.3 Å². The fraction of sp³-hybridized carbons (Fsp3) is 0.308. The van der Waals surface area contributed by atoms with E-state index in [2.05, 4.69) is 33.9 Å². The van der Waals surface area contributed by atoms with Gasteiger partial charge in [0.05, 0.1) is 11.7 Å². The molecule has 1 atom stereocenters. The van der Waals surface area contributed by atoms with Crippen LogP contribution >= 0.6 is 11.3 Å². The molecule has 1 amide bonds. The Morgan fingerprint density at radius 1 is 0.941 bits per heavy atom. The highest BCUT2D eigenvalue weighted by Gasteiger charge is 2.29. The molecule has 0 spiro atoms. The van der Waals surface area contributed by atoms with E-state index in [0.29, 0.717) is 24.8 Å². The summed E-state index contributed by atoms with van der Waals surface area (Å²) in [6.07, 6.45) is 0. The Morgan fingerprint density at radius 2 is 1.65 bits per heavy atom. The van der Waals surface area contributed by atoms with Gasteiger partial charge in [-0.05, 0) is 20.8 Å². The molecule has 1 fully saturated rings. The summed E-state index contributed by atoms with van der Waals surface area (Å²) in [6.45, 7) is 8.84. The molecule has 0 N–H and O–H groups in total. The van der Waals surface area contributed by atoms with Crippen molar-refractivity contribution in [2.24, 2.45) is 0 Å². The number of rotatable bonds is 5. The van der Waals surface area contributed by atoms with E-state index in [0.717, 1.165) is 39.8 Å². The number of aromatic nitrogens is 3. The molecule has 4 aromatic rings. The highest BCUT2D eigenvalue weighted by atomic mass is 32.1. The van der Waals surface area contributed by atoms with Gasteiger partial charge in [-0.3, -0.25) is 9.69 Å². The van der Waals surface area contributed by atoms with Crippen molar-refractivity contribution < 1.29 is 9.32 Å². The average Bonchev–Trinajstić information content (AvgIpc) is 3.52. The Hall–Kier alpha value is -3.36. The number of hydrogen-bond acceptors (Lipinski definition) is 7. The summed E-state index contributed by atoms with van der Waals surface area (Å²) >= 11 is 1.47. The van der Waals surface area contributed by atoms with Crippen molar-refractivity contribution in [2.45, 2.75) is 26.8 Å². The minimum atomic E-state index is -0.0150. The maximum atomic E-state index is 13.2. The molecule has 7 nitrogen and oxygen atoms in total. The van der Waals surface area contributed by atoms with Crippen LogP contribution in [-0.2, 0) is 0 Å². The molecule has 1 saturated heterocycles. The second kappa shape index (κ2) is 9.48. The van der Waals surface area contributed by atoms with Gasteiger partial charge in [-0.1, -0.05) is 65.3 Å². The number of carbonyl (C=O) groups is 1. The number of amides is 1. The molecule has 0 aliphatic carbocycles. The predicted molar refractivity (Wildman–Crippen MR) is 133 cm³/mol. The van der Waals surface area contributed by atoms with Gasteiger partial charge in [0.1, 0.15) is 9.88 Å². The molecule has 174 valence electrons. The third-order valence-corrected chi connectivity index (χ3v) is 7.46. The Bertz CT molecular complexity index is 1270. The molecule has 1 aliphatic rings. The number of aryl methyl sites for hydroxylation is 2. The average molecular weight is 474 g/mol. The van der Waals surface area contributed by atoms with Crippen LogP contribution in [0, 0.1) is 13.8 Å². The van der Waals surface area contributed by atoms with Gasteiger partial charge in [0.2, 0.25) is 11.7 Å². The molecule has 3 heterocycles. The van der Waals surface area contributed by atoms with E-state index in [4.69, 9.17) is 4.52 Å². The van der Waals surface area contributed by atoms with Crippen molar-refractivity contribution in [3.05, 3.63) is 76.6 Å². The van der Waals surface area contributed by atoms with Crippen molar-refractivity contribution in [2.75, 3.05) is 26.2 Å². The van der Waals surface area contributed by atoms with Crippen molar-refractivity contribution in [1.29, 1.82) is 0 Å². The van der Waals surface area contributed by atoms with Gasteiger partial charge < -0.3 is 9.42 Å². The topological polar surface area (TPSA) is 75.4 Å². The van der Waals surface area contributed by atoms with Crippen molar-refractivity contribution in [3.8, 4) is 22.0 Å². The first-order chi connectivity index (χ1) is 16.5. The molecule has 8 heteroatoms. The van der Waals surface area contributed by atoms with Crippen molar-refractivity contribution in [3.63, 3.8) is 0 Å². The van der Waals surface area contributed by atoms with Gasteiger partial charge in [0.25, 0.3) is 5.91 Å². The fourth-order valence-electron chi connectivity index (χ4n) is 4.14. The molecule has 0 bridgehead atoms. The minimum Gasteiger partial charge on any atom is -0.337 e. The van der Waals surface area contributed by atoms with E-state index in [9.17, 15) is 4.79 Å². The first-order valence-corrected chi connectivity index (χ1v) is 12.3. The number of piperazine rings is 1. The lowest BCUT2D eigenvalue weighted by Gasteiger charge is -2.36. The maximum absolute atomic E-state index is 13.2. The van der Waals surface area contributed by atoms with Crippen LogP contribution in [0.3, 0.4) is 0 Å².